The van der Waals surface area contributed by atoms with Crippen molar-refractivity contribution in [3.05, 3.63) is 0 Å². The van der Waals surface area contributed by atoms with Crippen LogP contribution in [0.5, 0.6) is 0 Å². The first-order chi connectivity index (χ1) is 6.31. The Labute approximate surface area is 82.6 Å². The van der Waals surface area contributed by atoms with Crippen LogP contribution in [0.3, 0.4) is 0 Å². The Morgan fingerprint density at radius 3 is 2.36 bits per heavy atom. The summed E-state index contributed by atoms with van der Waals surface area (Å²) in [5.41, 5.74) is 1.93. The number of hydroxylamine groups is 1. The summed E-state index contributed by atoms with van der Waals surface area (Å²) in [7, 11) is 0. The smallest absolute Gasteiger partial charge is 0.338 e. The van der Waals surface area contributed by atoms with Gasteiger partial charge in [0.25, 0.3) is 0 Å². The molecule has 0 aliphatic heterocycles. The molecule has 0 saturated heterocycles. The van der Waals surface area contributed by atoms with Crippen LogP contribution in [0.15, 0.2) is 0 Å². The predicted octanol–water partition coefficient (Wildman–Crippen LogP) is 0.348. The summed E-state index contributed by atoms with van der Waals surface area (Å²) in [6.45, 7) is 5.82. The molecule has 14 heavy (non-hydrogen) atoms. The summed E-state index contributed by atoms with van der Waals surface area (Å²) in [5, 5.41) is 10.7. The van der Waals surface area contributed by atoms with Gasteiger partial charge >= 0.3 is 12.0 Å². The third-order valence-electron chi connectivity index (χ3n) is 1.14. The maximum atomic E-state index is 10.9. The van der Waals surface area contributed by atoms with Crippen LogP contribution in [0.4, 0.5) is 4.79 Å². The Bertz CT molecular complexity index is 210. The van der Waals surface area contributed by atoms with Crippen molar-refractivity contribution in [1.29, 1.82) is 0 Å². The standard InChI is InChI=1S/C8H16N2O4/c1-8(2,3)5-9-7(13)10-14-4-6(11)12/h4-5H2,1-3H3,(H,11,12)(H2,9,10,13). The minimum absolute atomic E-state index is 0.0237. The summed E-state index contributed by atoms with van der Waals surface area (Å²) in [6, 6.07) is -0.541. The van der Waals surface area contributed by atoms with Gasteiger partial charge in [-0.3, -0.25) is 4.84 Å². The summed E-state index contributed by atoms with van der Waals surface area (Å²) in [5.74, 6) is -1.14. The van der Waals surface area contributed by atoms with Gasteiger partial charge in [-0.15, -0.1) is 0 Å². The molecule has 0 radical (unpaired) electrons. The van der Waals surface area contributed by atoms with E-state index in [4.69, 9.17) is 5.11 Å². The number of urea groups is 1. The van der Waals surface area contributed by atoms with E-state index in [9.17, 15) is 9.59 Å². The Balaban J connectivity index is 3.52. The normalized spacial score (nSPS) is 10.8. The third kappa shape index (κ3) is 8.79. The van der Waals surface area contributed by atoms with Crippen LogP contribution in [-0.2, 0) is 9.63 Å². The first-order valence-electron chi connectivity index (χ1n) is 4.19. The van der Waals surface area contributed by atoms with Gasteiger partial charge in [-0.05, 0) is 5.41 Å². The first-order valence-corrected chi connectivity index (χ1v) is 4.19. The van der Waals surface area contributed by atoms with E-state index in [0.29, 0.717) is 6.54 Å². The van der Waals surface area contributed by atoms with Crippen LogP contribution in [0.1, 0.15) is 20.8 Å². The Morgan fingerprint density at radius 1 is 1.36 bits per heavy atom. The van der Waals surface area contributed by atoms with Crippen molar-refractivity contribution in [1.82, 2.24) is 10.8 Å². The number of carbonyl (C=O) groups excluding carboxylic acids is 1. The van der Waals surface area contributed by atoms with Crippen LogP contribution < -0.4 is 10.8 Å². The number of rotatable bonds is 4. The molecule has 0 fully saturated rings. The van der Waals surface area contributed by atoms with Gasteiger partial charge in [0, 0.05) is 6.54 Å². The first kappa shape index (κ1) is 12.7. The van der Waals surface area contributed by atoms with Gasteiger partial charge < -0.3 is 10.4 Å². The molecule has 2 amide bonds. The lowest BCUT2D eigenvalue weighted by Gasteiger charge is -2.18. The van der Waals surface area contributed by atoms with Gasteiger partial charge in [-0.25, -0.2) is 15.1 Å². The summed E-state index contributed by atoms with van der Waals surface area (Å²) >= 11 is 0. The molecule has 0 aliphatic carbocycles. The van der Waals surface area contributed by atoms with Gasteiger partial charge in [-0.1, -0.05) is 20.8 Å². The molecule has 6 nitrogen and oxygen atoms in total. The maximum absolute atomic E-state index is 10.9. The Hall–Kier alpha value is -1.30. The fourth-order valence-electron chi connectivity index (χ4n) is 0.545. The molecule has 0 spiro atoms. The molecule has 0 aromatic heterocycles. The van der Waals surface area contributed by atoms with E-state index < -0.39 is 18.6 Å². The van der Waals surface area contributed by atoms with Crippen molar-refractivity contribution in [2.24, 2.45) is 5.41 Å². The summed E-state index contributed by atoms with van der Waals surface area (Å²) in [4.78, 5) is 25.3. The summed E-state index contributed by atoms with van der Waals surface area (Å²) in [6.07, 6.45) is 0. The molecular weight excluding hydrogens is 188 g/mol. The van der Waals surface area contributed by atoms with E-state index >= 15 is 0 Å². The topological polar surface area (TPSA) is 87.7 Å². The molecule has 0 saturated carbocycles. The van der Waals surface area contributed by atoms with Crippen molar-refractivity contribution in [2.45, 2.75) is 20.8 Å². The number of amides is 2. The number of carboxylic acid groups (broad SMARTS) is 1. The molecular formula is C8H16N2O4. The lowest BCUT2D eigenvalue weighted by Crippen LogP contribution is -2.40. The monoisotopic (exact) mass is 204 g/mol. The van der Waals surface area contributed by atoms with Gasteiger partial charge in [0.1, 0.15) is 0 Å². The van der Waals surface area contributed by atoms with Crippen LogP contribution in [0.25, 0.3) is 0 Å². The zero-order valence-corrected chi connectivity index (χ0v) is 8.59. The quantitative estimate of drug-likeness (QED) is 0.576. The number of hydrogen-bond donors (Lipinski definition) is 3. The zero-order valence-electron chi connectivity index (χ0n) is 8.59. The third-order valence-corrected chi connectivity index (χ3v) is 1.14. The van der Waals surface area contributed by atoms with Crippen LogP contribution in [0.2, 0.25) is 0 Å². The van der Waals surface area contributed by atoms with E-state index in [1.807, 2.05) is 26.3 Å². The van der Waals surface area contributed by atoms with Crippen molar-refractivity contribution in [3.8, 4) is 0 Å². The molecule has 6 heteroatoms. The highest BCUT2D eigenvalue weighted by atomic mass is 16.7. The molecule has 0 aliphatic rings. The number of hydrogen-bond acceptors (Lipinski definition) is 3. The molecule has 0 rings (SSSR count). The number of aliphatic carboxylic acids is 1. The Kier molecular flexibility index (Phi) is 4.93. The number of nitrogens with one attached hydrogen (secondary N) is 2. The minimum Gasteiger partial charge on any atom is -0.479 e. The van der Waals surface area contributed by atoms with E-state index in [2.05, 4.69) is 10.2 Å². The van der Waals surface area contributed by atoms with E-state index in [-0.39, 0.29) is 5.41 Å². The highest BCUT2D eigenvalue weighted by Gasteiger charge is 2.11. The van der Waals surface area contributed by atoms with Crippen molar-refractivity contribution in [2.75, 3.05) is 13.2 Å². The second-order valence-electron chi connectivity index (χ2n) is 4.03. The fourth-order valence-corrected chi connectivity index (χ4v) is 0.545. The predicted molar refractivity (Wildman–Crippen MR) is 49.6 cm³/mol. The Morgan fingerprint density at radius 2 is 1.93 bits per heavy atom. The maximum Gasteiger partial charge on any atom is 0.338 e. The van der Waals surface area contributed by atoms with Crippen LogP contribution >= 0.6 is 0 Å². The second kappa shape index (κ2) is 5.43. The molecule has 0 heterocycles. The van der Waals surface area contributed by atoms with Crippen LogP contribution in [-0.4, -0.2) is 30.3 Å². The number of carboxylic acids is 1. The van der Waals surface area contributed by atoms with Crippen molar-refractivity contribution in [3.63, 3.8) is 0 Å². The SMILES string of the molecule is CC(C)(C)CNC(=O)NOCC(=O)O. The fraction of sp³-hybridized carbons (Fsp3) is 0.750. The molecule has 0 aromatic rings. The lowest BCUT2D eigenvalue weighted by atomic mass is 9.97. The highest BCUT2D eigenvalue weighted by molar-refractivity contribution is 5.73. The van der Waals surface area contributed by atoms with E-state index in [1.165, 1.54) is 0 Å². The van der Waals surface area contributed by atoms with Crippen LogP contribution in [0, 0.1) is 5.41 Å². The van der Waals surface area contributed by atoms with Crippen molar-refractivity contribution < 1.29 is 19.5 Å². The molecule has 0 unspecified atom stereocenters. The average Bonchev–Trinajstić information content (AvgIpc) is 1.99. The van der Waals surface area contributed by atoms with E-state index in [1.54, 1.807) is 0 Å². The zero-order chi connectivity index (χ0) is 11.2. The largest absolute Gasteiger partial charge is 0.479 e. The van der Waals surface area contributed by atoms with Gasteiger partial charge in [0.2, 0.25) is 0 Å². The molecule has 0 bridgehead atoms. The molecule has 82 valence electrons. The second-order valence-corrected chi connectivity index (χ2v) is 4.03. The van der Waals surface area contributed by atoms with Gasteiger partial charge in [-0.2, -0.15) is 0 Å². The average molecular weight is 204 g/mol. The summed E-state index contributed by atoms with van der Waals surface area (Å²) < 4.78 is 0. The molecule has 0 aromatic carbocycles. The van der Waals surface area contributed by atoms with Gasteiger partial charge in [0.05, 0.1) is 0 Å². The molecule has 3 N–H and O–H groups in total. The lowest BCUT2D eigenvalue weighted by molar-refractivity contribution is -0.144. The van der Waals surface area contributed by atoms with Crippen molar-refractivity contribution >= 4 is 12.0 Å². The molecule has 0 atom stereocenters. The van der Waals surface area contributed by atoms with Gasteiger partial charge in [0.15, 0.2) is 6.61 Å². The highest BCUT2D eigenvalue weighted by Crippen LogP contribution is 2.09. The number of carbonyl (C=O) groups is 2. The minimum atomic E-state index is -1.14. The van der Waals surface area contributed by atoms with E-state index in [0.717, 1.165) is 0 Å².